The van der Waals surface area contributed by atoms with E-state index in [1.54, 1.807) is 13.8 Å². The van der Waals surface area contributed by atoms with Crippen LogP contribution < -0.4 is 15.8 Å². The molecular formula is C15H15F3N8O2S. The Balaban J connectivity index is 1.83. The van der Waals surface area contributed by atoms with Crippen LogP contribution in [-0.4, -0.2) is 47.7 Å². The number of carbonyl (C=O) groups excluding carboxylic acids is 1. The van der Waals surface area contributed by atoms with Gasteiger partial charge in [-0.05, 0) is 13.8 Å². The van der Waals surface area contributed by atoms with Crippen molar-refractivity contribution in [2.24, 2.45) is 0 Å². The predicted octanol–water partition coefficient (Wildman–Crippen LogP) is 2.26. The van der Waals surface area contributed by atoms with E-state index in [2.05, 4.69) is 40.0 Å². The number of amides is 1. The van der Waals surface area contributed by atoms with Crippen molar-refractivity contribution in [2.75, 3.05) is 18.2 Å². The maximum absolute atomic E-state index is 12.9. The van der Waals surface area contributed by atoms with Crippen LogP contribution in [0.25, 0.3) is 11.2 Å². The number of thioether (sulfide) groups is 1. The highest BCUT2D eigenvalue weighted by molar-refractivity contribution is 8.01. The van der Waals surface area contributed by atoms with E-state index in [1.807, 2.05) is 0 Å². The van der Waals surface area contributed by atoms with E-state index in [4.69, 9.17) is 5.73 Å². The van der Waals surface area contributed by atoms with Crippen molar-refractivity contribution in [3.8, 4) is 5.88 Å². The molecule has 0 aliphatic heterocycles. The minimum atomic E-state index is -4.69. The van der Waals surface area contributed by atoms with Gasteiger partial charge < -0.3 is 15.5 Å². The van der Waals surface area contributed by atoms with Gasteiger partial charge >= 0.3 is 6.18 Å². The van der Waals surface area contributed by atoms with Gasteiger partial charge in [0.25, 0.3) is 0 Å². The van der Waals surface area contributed by atoms with E-state index >= 15 is 0 Å². The fourth-order valence-corrected chi connectivity index (χ4v) is 3.23. The Hall–Kier alpha value is -3.16. The number of hydrogen-bond donors (Lipinski definition) is 3. The second-order valence-electron chi connectivity index (χ2n) is 6.17. The predicted molar refractivity (Wildman–Crippen MR) is 98.2 cm³/mol. The van der Waals surface area contributed by atoms with Crippen LogP contribution >= 0.6 is 11.8 Å². The van der Waals surface area contributed by atoms with Crippen LogP contribution in [0.4, 0.5) is 25.1 Å². The smallest absolute Gasteiger partial charge is 0.423 e. The molecule has 154 valence electrons. The van der Waals surface area contributed by atoms with Crippen molar-refractivity contribution < 1.29 is 22.7 Å². The van der Waals surface area contributed by atoms with Crippen molar-refractivity contribution in [3.63, 3.8) is 0 Å². The molecule has 3 aromatic rings. The Labute approximate surface area is 165 Å². The zero-order chi connectivity index (χ0) is 21.4. The van der Waals surface area contributed by atoms with Crippen molar-refractivity contribution in [3.05, 3.63) is 18.1 Å². The number of nitrogens with two attached hydrogens (primary N) is 1. The van der Waals surface area contributed by atoms with Gasteiger partial charge in [0, 0.05) is 6.20 Å². The van der Waals surface area contributed by atoms with Crippen molar-refractivity contribution in [2.45, 2.75) is 29.8 Å². The topological polar surface area (TPSA) is 145 Å². The number of hydrogen-bond acceptors (Lipinski definition) is 9. The summed E-state index contributed by atoms with van der Waals surface area (Å²) < 4.78 is 42.3. The van der Waals surface area contributed by atoms with Crippen LogP contribution in [0, 0.1) is 0 Å². The number of methoxy groups -OCH3 is 1. The Morgan fingerprint density at radius 1 is 1.24 bits per heavy atom. The molecule has 3 aromatic heterocycles. The summed E-state index contributed by atoms with van der Waals surface area (Å²) in [5.74, 6) is -1.62. The third kappa shape index (κ3) is 4.31. The molecule has 0 aliphatic rings. The number of aromatic amines is 1. The lowest BCUT2D eigenvalue weighted by Gasteiger charge is -2.22. The quantitative estimate of drug-likeness (QED) is 0.411. The average molecular weight is 428 g/mol. The molecule has 0 spiro atoms. The van der Waals surface area contributed by atoms with Crippen molar-refractivity contribution >= 4 is 40.7 Å². The van der Waals surface area contributed by atoms with Gasteiger partial charge in [-0.1, -0.05) is 11.8 Å². The number of halogens is 3. The second-order valence-corrected chi connectivity index (χ2v) is 7.78. The first kappa shape index (κ1) is 20.6. The Morgan fingerprint density at radius 3 is 2.62 bits per heavy atom. The van der Waals surface area contributed by atoms with E-state index in [-0.39, 0.29) is 11.9 Å². The fraction of sp³-hybridized carbons (Fsp3) is 0.333. The summed E-state index contributed by atoms with van der Waals surface area (Å²) in [7, 11) is 1.04. The molecule has 0 saturated carbocycles. The summed E-state index contributed by atoms with van der Waals surface area (Å²) in [5.41, 5.74) is 5.36. The lowest BCUT2D eigenvalue weighted by Crippen LogP contribution is -2.34. The molecule has 0 unspecified atom stereocenters. The fourth-order valence-electron chi connectivity index (χ4n) is 2.21. The largest absolute Gasteiger partial charge is 0.480 e. The Kier molecular flexibility index (Phi) is 5.21. The third-order valence-electron chi connectivity index (χ3n) is 3.65. The van der Waals surface area contributed by atoms with Crippen LogP contribution in [0.2, 0.25) is 0 Å². The summed E-state index contributed by atoms with van der Waals surface area (Å²) in [6, 6.07) is 0. The van der Waals surface area contributed by atoms with E-state index in [1.165, 1.54) is 6.33 Å². The summed E-state index contributed by atoms with van der Waals surface area (Å²) in [6.45, 7) is 3.18. The number of nitrogens with one attached hydrogen (secondary N) is 2. The zero-order valence-corrected chi connectivity index (χ0v) is 16.1. The van der Waals surface area contributed by atoms with E-state index < -0.39 is 28.3 Å². The number of H-pyrrole nitrogens is 1. The number of aromatic nitrogens is 6. The first-order chi connectivity index (χ1) is 13.5. The number of alkyl halides is 3. The number of nitrogen functional groups attached to an aromatic ring is 1. The summed E-state index contributed by atoms with van der Waals surface area (Å²) in [4.78, 5) is 34.8. The number of carbonyl (C=O) groups is 1. The first-order valence-corrected chi connectivity index (χ1v) is 8.78. The number of imidazole rings is 1. The highest BCUT2D eigenvalue weighted by Crippen LogP contribution is 2.37. The zero-order valence-electron chi connectivity index (χ0n) is 15.3. The normalized spacial score (nSPS) is 12.2. The number of ether oxygens (including phenoxy) is 1. The van der Waals surface area contributed by atoms with Crippen molar-refractivity contribution in [1.29, 1.82) is 0 Å². The standard InChI is InChI=1S/C15H15F3N8O2S/c1-14(2,29-10-7-8(22-5-21-7)23-12(19)25-10)11(27)26-13-20-4-6(15(16,17)18)9(24-13)28-3/h4-5H,1-3H3,(H,20,24,26,27)(H3,19,21,22,23,25). The minimum Gasteiger partial charge on any atom is -0.480 e. The van der Waals surface area contributed by atoms with Crippen LogP contribution in [0.5, 0.6) is 5.88 Å². The van der Waals surface area contributed by atoms with E-state index in [0.29, 0.717) is 22.4 Å². The first-order valence-electron chi connectivity index (χ1n) is 7.96. The Morgan fingerprint density at radius 2 is 1.97 bits per heavy atom. The van der Waals surface area contributed by atoms with Crippen LogP contribution in [-0.2, 0) is 11.0 Å². The third-order valence-corrected chi connectivity index (χ3v) is 4.83. The monoisotopic (exact) mass is 428 g/mol. The molecule has 0 aliphatic carbocycles. The maximum Gasteiger partial charge on any atom is 0.423 e. The molecule has 0 atom stereocenters. The second kappa shape index (κ2) is 7.35. The van der Waals surface area contributed by atoms with Crippen LogP contribution in [0.3, 0.4) is 0 Å². The average Bonchev–Trinajstić information content (AvgIpc) is 3.08. The molecule has 0 saturated heterocycles. The number of anilines is 2. The van der Waals surface area contributed by atoms with Gasteiger partial charge in [0.2, 0.25) is 23.7 Å². The van der Waals surface area contributed by atoms with Gasteiger partial charge in [0.1, 0.15) is 16.1 Å². The molecule has 0 fully saturated rings. The van der Waals surface area contributed by atoms with Gasteiger partial charge in [-0.25, -0.2) is 15.0 Å². The molecule has 10 nitrogen and oxygen atoms in total. The summed E-state index contributed by atoms with van der Waals surface area (Å²) in [6.07, 6.45) is -2.73. The lowest BCUT2D eigenvalue weighted by molar-refractivity contribution is -0.139. The molecular weight excluding hydrogens is 413 g/mol. The Bertz CT molecular complexity index is 1070. The molecule has 1 amide bonds. The van der Waals surface area contributed by atoms with E-state index in [9.17, 15) is 18.0 Å². The number of nitrogens with zero attached hydrogens (tertiary/aromatic N) is 5. The summed E-state index contributed by atoms with van der Waals surface area (Å²) >= 11 is 1.06. The molecule has 3 heterocycles. The van der Waals surface area contributed by atoms with Gasteiger partial charge in [-0.2, -0.15) is 23.1 Å². The van der Waals surface area contributed by atoms with Crippen LogP contribution in [0.1, 0.15) is 19.4 Å². The highest BCUT2D eigenvalue weighted by Gasteiger charge is 2.37. The lowest BCUT2D eigenvalue weighted by atomic mass is 10.2. The highest BCUT2D eigenvalue weighted by atomic mass is 32.2. The summed E-state index contributed by atoms with van der Waals surface area (Å²) in [5, 5.41) is 2.77. The molecule has 0 aromatic carbocycles. The molecule has 29 heavy (non-hydrogen) atoms. The molecule has 14 heteroatoms. The molecule has 0 radical (unpaired) electrons. The van der Waals surface area contributed by atoms with Gasteiger partial charge in [0.15, 0.2) is 5.65 Å². The van der Waals surface area contributed by atoms with Crippen molar-refractivity contribution in [1.82, 2.24) is 29.9 Å². The molecule has 3 rings (SSSR count). The molecule has 4 N–H and O–H groups in total. The molecule has 0 bridgehead atoms. The maximum atomic E-state index is 12.9. The van der Waals surface area contributed by atoms with E-state index in [0.717, 1.165) is 18.9 Å². The van der Waals surface area contributed by atoms with Crippen LogP contribution in [0.15, 0.2) is 17.6 Å². The van der Waals surface area contributed by atoms with Gasteiger partial charge in [0.05, 0.1) is 18.2 Å². The van der Waals surface area contributed by atoms with Gasteiger partial charge in [-0.3, -0.25) is 10.1 Å². The number of fused-ring (bicyclic) bond motifs is 1. The van der Waals surface area contributed by atoms with Gasteiger partial charge in [-0.15, -0.1) is 0 Å². The SMILES string of the molecule is COc1nc(NC(=O)C(C)(C)Sc2nc(N)nc3nc[nH]c23)ncc1C(F)(F)F. The minimum absolute atomic E-state index is 0.0147. The number of rotatable bonds is 5.